The van der Waals surface area contributed by atoms with Crippen molar-refractivity contribution in [1.82, 2.24) is 0 Å². The molecule has 0 atom stereocenters. The van der Waals surface area contributed by atoms with Crippen LogP contribution in [0.2, 0.25) is 5.02 Å². The van der Waals surface area contributed by atoms with Gasteiger partial charge in [-0.15, -0.1) is 0 Å². The van der Waals surface area contributed by atoms with Crippen LogP contribution in [0.1, 0.15) is 11.1 Å². The molecule has 1 rings (SSSR count). The van der Waals surface area contributed by atoms with Crippen molar-refractivity contribution in [2.45, 2.75) is 13.8 Å². The van der Waals surface area contributed by atoms with Gasteiger partial charge in [0.1, 0.15) is 5.75 Å². The standard InChI is InChI=1S/C8H8BrClO/c1-4-3-6(9)5(2)7(10)8(4)11/h3,11H,1-2H3. The second-order valence-corrected chi connectivity index (χ2v) is 3.70. The summed E-state index contributed by atoms with van der Waals surface area (Å²) in [6, 6.07) is 1.84. The van der Waals surface area contributed by atoms with E-state index in [-0.39, 0.29) is 5.75 Å². The Hall–Kier alpha value is -0.210. The lowest BCUT2D eigenvalue weighted by atomic mass is 10.1. The van der Waals surface area contributed by atoms with Crippen molar-refractivity contribution < 1.29 is 5.11 Å². The van der Waals surface area contributed by atoms with E-state index in [1.54, 1.807) is 0 Å². The monoisotopic (exact) mass is 234 g/mol. The topological polar surface area (TPSA) is 20.2 Å². The van der Waals surface area contributed by atoms with Gasteiger partial charge in [0.15, 0.2) is 0 Å². The Morgan fingerprint density at radius 2 is 2.00 bits per heavy atom. The van der Waals surface area contributed by atoms with Crippen molar-refractivity contribution in [3.8, 4) is 5.75 Å². The zero-order valence-electron chi connectivity index (χ0n) is 6.28. The number of rotatable bonds is 0. The molecular weight excluding hydrogens is 227 g/mol. The first kappa shape index (κ1) is 8.88. The maximum Gasteiger partial charge on any atom is 0.137 e. The minimum absolute atomic E-state index is 0.173. The normalized spacial score (nSPS) is 10.2. The van der Waals surface area contributed by atoms with Gasteiger partial charge in [-0.3, -0.25) is 0 Å². The molecule has 0 heterocycles. The molecule has 0 aromatic heterocycles. The molecule has 60 valence electrons. The number of phenols is 1. The Labute approximate surface area is 79.1 Å². The molecule has 1 nitrogen and oxygen atoms in total. The largest absolute Gasteiger partial charge is 0.506 e. The Morgan fingerprint density at radius 3 is 2.55 bits per heavy atom. The van der Waals surface area contributed by atoms with E-state index in [0.29, 0.717) is 5.02 Å². The fraction of sp³-hybridized carbons (Fsp3) is 0.250. The summed E-state index contributed by atoms with van der Waals surface area (Å²) in [7, 11) is 0. The average Bonchev–Trinajstić information content (AvgIpc) is 1.97. The number of hydrogen-bond acceptors (Lipinski definition) is 1. The van der Waals surface area contributed by atoms with E-state index in [2.05, 4.69) is 15.9 Å². The van der Waals surface area contributed by atoms with Crippen LogP contribution >= 0.6 is 27.5 Å². The van der Waals surface area contributed by atoms with Crippen LogP contribution in [0.25, 0.3) is 0 Å². The maximum atomic E-state index is 9.36. The third-order valence-corrected chi connectivity index (χ3v) is 2.90. The molecule has 0 aliphatic heterocycles. The Bertz CT molecular complexity index is 270. The lowest BCUT2D eigenvalue weighted by Crippen LogP contribution is -1.82. The molecule has 0 fully saturated rings. The van der Waals surface area contributed by atoms with Gasteiger partial charge in [-0.05, 0) is 31.0 Å². The van der Waals surface area contributed by atoms with Crippen molar-refractivity contribution in [3.05, 3.63) is 26.7 Å². The molecule has 0 amide bonds. The van der Waals surface area contributed by atoms with Crippen molar-refractivity contribution in [2.75, 3.05) is 0 Å². The third kappa shape index (κ3) is 1.52. The van der Waals surface area contributed by atoms with Crippen LogP contribution in [0, 0.1) is 13.8 Å². The summed E-state index contributed by atoms with van der Waals surface area (Å²) in [4.78, 5) is 0. The SMILES string of the molecule is Cc1cc(Br)c(C)c(Cl)c1O. The number of aryl methyl sites for hydroxylation is 1. The number of phenolic OH excluding ortho intramolecular Hbond substituents is 1. The molecule has 1 aromatic rings. The molecular formula is C8H8BrClO. The van der Waals surface area contributed by atoms with Crippen molar-refractivity contribution in [3.63, 3.8) is 0 Å². The van der Waals surface area contributed by atoms with E-state index in [1.807, 2.05) is 19.9 Å². The third-order valence-electron chi connectivity index (χ3n) is 1.61. The predicted octanol–water partition coefficient (Wildman–Crippen LogP) is 3.42. The summed E-state index contributed by atoms with van der Waals surface area (Å²) in [6.07, 6.45) is 0. The quantitative estimate of drug-likeness (QED) is 0.730. The molecule has 0 unspecified atom stereocenters. The molecule has 3 heteroatoms. The zero-order chi connectivity index (χ0) is 8.59. The number of benzene rings is 1. The number of aromatic hydroxyl groups is 1. The molecule has 0 aliphatic carbocycles. The summed E-state index contributed by atoms with van der Waals surface area (Å²) in [5, 5.41) is 9.79. The van der Waals surface area contributed by atoms with Crippen LogP contribution in [0.5, 0.6) is 5.75 Å². The van der Waals surface area contributed by atoms with Crippen LogP contribution in [0.4, 0.5) is 0 Å². The average molecular weight is 236 g/mol. The molecule has 0 bridgehead atoms. The molecule has 11 heavy (non-hydrogen) atoms. The molecule has 0 saturated heterocycles. The molecule has 0 radical (unpaired) electrons. The number of halogens is 2. The first-order valence-corrected chi connectivity index (χ1v) is 4.35. The van der Waals surface area contributed by atoms with Gasteiger partial charge in [-0.2, -0.15) is 0 Å². The van der Waals surface area contributed by atoms with Gasteiger partial charge in [-0.1, -0.05) is 27.5 Å². The minimum atomic E-state index is 0.173. The Morgan fingerprint density at radius 1 is 1.45 bits per heavy atom. The van der Waals surface area contributed by atoms with Gasteiger partial charge in [0, 0.05) is 4.47 Å². The first-order valence-electron chi connectivity index (χ1n) is 3.18. The van der Waals surface area contributed by atoms with E-state index in [0.717, 1.165) is 15.6 Å². The van der Waals surface area contributed by atoms with Gasteiger partial charge < -0.3 is 5.11 Å². The fourth-order valence-electron chi connectivity index (χ4n) is 0.822. The maximum absolute atomic E-state index is 9.36. The lowest BCUT2D eigenvalue weighted by molar-refractivity contribution is 0.471. The highest BCUT2D eigenvalue weighted by Crippen LogP contribution is 2.34. The molecule has 0 saturated carbocycles. The Kier molecular flexibility index (Phi) is 2.45. The van der Waals surface area contributed by atoms with E-state index < -0.39 is 0 Å². The van der Waals surface area contributed by atoms with Crippen molar-refractivity contribution >= 4 is 27.5 Å². The number of hydrogen-bond donors (Lipinski definition) is 1. The van der Waals surface area contributed by atoms with Gasteiger partial charge >= 0.3 is 0 Å². The van der Waals surface area contributed by atoms with Crippen LogP contribution in [0.15, 0.2) is 10.5 Å². The second-order valence-electron chi connectivity index (χ2n) is 2.46. The zero-order valence-corrected chi connectivity index (χ0v) is 8.62. The van der Waals surface area contributed by atoms with Gasteiger partial charge in [0.05, 0.1) is 5.02 Å². The summed E-state index contributed by atoms with van der Waals surface area (Å²) in [5.74, 6) is 0.173. The summed E-state index contributed by atoms with van der Waals surface area (Å²) >= 11 is 9.14. The summed E-state index contributed by atoms with van der Waals surface area (Å²) in [6.45, 7) is 3.66. The van der Waals surface area contributed by atoms with Crippen LogP contribution < -0.4 is 0 Å². The Balaban J connectivity index is 3.46. The van der Waals surface area contributed by atoms with E-state index >= 15 is 0 Å². The van der Waals surface area contributed by atoms with Crippen molar-refractivity contribution in [1.29, 1.82) is 0 Å². The smallest absolute Gasteiger partial charge is 0.137 e. The predicted molar refractivity (Wildman–Crippen MR) is 50.3 cm³/mol. The second kappa shape index (κ2) is 3.03. The van der Waals surface area contributed by atoms with Gasteiger partial charge in [0.2, 0.25) is 0 Å². The van der Waals surface area contributed by atoms with Crippen LogP contribution in [-0.4, -0.2) is 5.11 Å². The highest BCUT2D eigenvalue weighted by atomic mass is 79.9. The van der Waals surface area contributed by atoms with Gasteiger partial charge in [0.25, 0.3) is 0 Å². The van der Waals surface area contributed by atoms with Crippen LogP contribution in [-0.2, 0) is 0 Å². The molecule has 1 aromatic carbocycles. The van der Waals surface area contributed by atoms with E-state index in [9.17, 15) is 5.11 Å². The van der Waals surface area contributed by atoms with Crippen LogP contribution in [0.3, 0.4) is 0 Å². The van der Waals surface area contributed by atoms with E-state index in [1.165, 1.54) is 0 Å². The molecule has 0 spiro atoms. The molecule has 1 N–H and O–H groups in total. The summed E-state index contributed by atoms with van der Waals surface area (Å²) in [5.41, 5.74) is 1.65. The minimum Gasteiger partial charge on any atom is -0.506 e. The molecule has 0 aliphatic rings. The van der Waals surface area contributed by atoms with Crippen molar-refractivity contribution in [2.24, 2.45) is 0 Å². The lowest BCUT2D eigenvalue weighted by Gasteiger charge is -2.06. The highest BCUT2D eigenvalue weighted by molar-refractivity contribution is 9.10. The first-order chi connectivity index (χ1) is 5.04. The summed E-state index contributed by atoms with van der Waals surface area (Å²) < 4.78 is 0.929. The van der Waals surface area contributed by atoms with E-state index in [4.69, 9.17) is 11.6 Å². The highest BCUT2D eigenvalue weighted by Gasteiger charge is 2.08. The fourth-order valence-corrected chi connectivity index (χ4v) is 1.73. The van der Waals surface area contributed by atoms with Gasteiger partial charge in [-0.25, -0.2) is 0 Å².